The highest BCUT2D eigenvalue weighted by Gasteiger charge is 2.14. The number of rotatable bonds is 5. The summed E-state index contributed by atoms with van der Waals surface area (Å²) in [6.45, 7) is 3.24. The van der Waals surface area contributed by atoms with Crippen molar-refractivity contribution in [3.8, 4) is 5.75 Å². The molecule has 1 aliphatic rings. The minimum atomic E-state index is 0.261. The molecule has 0 radical (unpaired) electrons. The Kier molecular flexibility index (Phi) is 5.48. The van der Waals surface area contributed by atoms with Crippen molar-refractivity contribution in [1.82, 2.24) is 5.32 Å². The average Bonchev–Trinajstić information content (AvgIpc) is 2.56. The number of halogens is 1. The average molecular weight is 362 g/mol. The molecule has 3 nitrogen and oxygen atoms in total. The first-order valence-corrected chi connectivity index (χ1v) is 8.38. The van der Waals surface area contributed by atoms with Gasteiger partial charge in [0.2, 0.25) is 0 Å². The minimum Gasteiger partial charge on any atom is -0.488 e. The van der Waals surface area contributed by atoms with Crippen molar-refractivity contribution in [2.75, 3.05) is 19.7 Å². The Morgan fingerprint density at radius 1 is 1.14 bits per heavy atom. The fourth-order valence-corrected chi connectivity index (χ4v) is 3.08. The highest BCUT2D eigenvalue weighted by atomic mass is 79.9. The topological polar surface area (TPSA) is 30.5 Å². The first kappa shape index (κ1) is 15.5. The summed E-state index contributed by atoms with van der Waals surface area (Å²) in [5.74, 6) is 0.871. The molecule has 1 saturated heterocycles. The molecule has 0 saturated carbocycles. The van der Waals surface area contributed by atoms with Gasteiger partial charge in [-0.05, 0) is 45.6 Å². The molecule has 22 heavy (non-hydrogen) atoms. The summed E-state index contributed by atoms with van der Waals surface area (Å²) in [4.78, 5) is 0. The third kappa shape index (κ3) is 4.32. The van der Waals surface area contributed by atoms with E-state index in [1.54, 1.807) is 0 Å². The molecule has 1 unspecified atom stereocenters. The van der Waals surface area contributed by atoms with Gasteiger partial charge in [-0.15, -0.1) is 0 Å². The lowest BCUT2D eigenvalue weighted by Gasteiger charge is -2.23. The van der Waals surface area contributed by atoms with Crippen LogP contribution in [0.2, 0.25) is 0 Å². The summed E-state index contributed by atoms with van der Waals surface area (Å²) < 4.78 is 12.6. The fraction of sp³-hybridized carbons (Fsp3) is 0.333. The van der Waals surface area contributed by atoms with Crippen LogP contribution in [0, 0.1) is 0 Å². The second kappa shape index (κ2) is 7.77. The second-order valence-corrected chi connectivity index (χ2v) is 6.29. The Morgan fingerprint density at radius 2 is 2.00 bits per heavy atom. The van der Waals surface area contributed by atoms with Crippen LogP contribution in [0.4, 0.5) is 0 Å². The largest absolute Gasteiger partial charge is 0.488 e. The maximum atomic E-state index is 5.88. The number of hydrogen-bond donors (Lipinski definition) is 1. The zero-order chi connectivity index (χ0) is 15.2. The zero-order valence-electron chi connectivity index (χ0n) is 12.4. The van der Waals surface area contributed by atoms with E-state index in [0.717, 1.165) is 36.3 Å². The Hall–Kier alpha value is -1.36. The second-order valence-electron chi connectivity index (χ2n) is 5.44. The van der Waals surface area contributed by atoms with E-state index in [2.05, 4.69) is 45.5 Å². The third-order valence-electron chi connectivity index (χ3n) is 3.70. The summed E-state index contributed by atoms with van der Waals surface area (Å²) in [6.07, 6.45) is 1.18. The standard InChI is InChI=1S/C18H20BrNO2/c19-17-11-15(10-16-12-20-8-9-21-16)6-7-18(17)22-13-14-4-2-1-3-5-14/h1-7,11,16,20H,8-10,12-13H2. The van der Waals surface area contributed by atoms with Gasteiger partial charge in [-0.1, -0.05) is 36.4 Å². The summed E-state index contributed by atoms with van der Waals surface area (Å²) in [7, 11) is 0. The van der Waals surface area contributed by atoms with Crippen molar-refractivity contribution in [2.24, 2.45) is 0 Å². The Balaban J connectivity index is 1.59. The Morgan fingerprint density at radius 3 is 2.73 bits per heavy atom. The number of nitrogens with one attached hydrogen (secondary N) is 1. The molecule has 3 rings (SSSR count). The van der Waals surface area contributed by atoms with E-state index in [0.29, 0.717) is 6.61 Å². The molecule has 116 valence electrons. The zero-order valence-corrected chi connectivity index (χ0v) is 14.0. The molecule has 2 aromatic rings. The Bertz CT molecular complexity index is 597. The number of morpholine rings is 1. The van der Waals surface area contributed by atoms with Crippen molar-refractivity contribution in [3.05, 3.63) is 64.1 Å². The van der Waals surface area contributed by atoms with E-state index >= 15 is 0 Å². The summed E-state index contributed by atoms with van der Waals surface area (Å²) in [6, 6.07) is 16.5. The predicted octanol–water partition coefficient (Wildman–Crippen LogP) is 3.56. The van der Waals surface area contributed by atoms with Crippen LogP contribution >= 0.6 is 15.9 Å². The van der Waals surface area contributed by atoms with Crippen LogP contribution in [0.15, 0.2) is 53.0 Å². The van der Waals surface area contributed by atoms with Gasteiger partial charge in [0, 0.05) is 13.1 Å². The molecule has 4 heteroatoms. The van der Waals surface area contributed by atoms with Crippen molar-refractivity contribution < 1.29 is 9.47 Å². The lowest BCUT2D eigenvalue weighted by atomic mass is 10.1. The van der Waals surface area contributed by atoms with E-state index in [1.165, 1.54) is 11.1 Å². The van der Waals surface area contributed by atoms with Gasteiger partial charge in [-0.25, -0.2) is 0 Å². The van der Waals surface area contributed by atoms with Crippen LogP contribution in [0.1, 0.15) is 11.1 Å². The molecule has 1 N–H and O–H groups in total. The van der Waals surface area contributed by atoms with E-state index in [-0.39, 0.29) is 6.10 Å². The summed E-state index contributed by atoms with van der Waals surface area (Å²) >= 11 is 3.60. The van der Waals surface area contributed by atoms with Crippen LogP contribution in [-0.2, 0) is 17.8 Å². The molecular formula is C18H20BrNO2. The van der Waals surface area contributed by atoms with Gasteiger partial charge in [0.15, 0.2) is 0 Å². The van der Waals surface area contributed by atoms with Crippen molar-refractivity contribution >= 4 is 15.9 Å². The number of benzene rings is 2. The number of hydrogen-bond acceptors (Lipinski definition) is 3. The van der Waals surface area contributed by atoms with Crippen LogP contribution in [-0.4, -0.2) is 25.8 Å². The van der Waals surface area contributed by atoms with Gasteiger partial charge in [0.25, 0.3) is 0 Å². The van der Waals surface area contributed by atoms with E-state index in [4.69, 9.17) is 9.47 Å². The van der Waals surface area contributed by atoms with Crippen molar-refractivity contribution in [2.45, 2.75) is 19.1 Å². The minimum absolute atomic E-state index is 0.261. The first-order valence-electron chi connectivity index (χ1n) is 7.59. The van der Waals surface area contributed by atoms with Gasteiger partial charge in [-0.2, -0.15) is 0 Å². The van der Waals surface area contributed by atoms with Crippen LogP contribution in [0.3, 0.4) is 0 Å². The lowest BCUT2D eigenvalue weighted by Crippen LogP contribution is -2.39. The number of ether oxygens (including phenoxy) is 2. The molecule has 1 atom stereocenters. The van der Waals surface area contributed by atoms with E-state index < -0.39 is 0 Å². The van der Waals surface area contributed by atoms with Crippen LogP contribution in [0.25, 0.3) is 0 Å². The van der Waals surface area contributed by atoms with E-state index in [9.17, 15) is 0 Å². The molecule has 1 fully saturated rings. The lowest BCUT2D eigenvalue weighted by molar-refractivity contribution is 0.0292. The molecule has 1 aliphatic heterocycles. The van der Waals surface area contributed by atoms with Gasteiger partial charge in [0.1, 0.15) is 12.4 Å². The summed E-state index contributed by atoms with van der Waals surface area (Å²) in [5.41, 5.74) is 2.42. The highest BCUT2D eigenvalue weighted by Crippen LogP contribution is 2.27. The monoisotopic (exact) mass is 361 g/mol. The quantitative estimate of drug-likeness (QED) is 0.882. The third-order valence-corrected chi connectivity index (χ3v) is 4.32. The van der Waals surface area contributed by atoms with Crippen molar-refractivity contribution in [1.29, 1.82) is 0 Å². The van der Waals surface area contributed by atoms with Crippen LogP contribution in [0.5, 0.6) is 5.75 Å². The molecule has 0 amide bonds. The molecule has 0 bridgehead atoms. The van der Waals surface area contributed by atoms with Gasteiger partial charge >= 0.3 is 0 Å². The molecule has 0 aliphatic carbocycles. The fourth-order valence-electron chi connectivity index (χ4n) is 2.54. The summed E-state index contributed by atoms with van der Waals surface area (Å²) in [5, 5.41) is 3.36. The SMILES string of the molecule is Brc1cc(CC2CNCCO2)ccc1OCc1ccccc1. The maximum absolute atomic E-state index is 5.88. The smallest absolute Gasteiger partial charge is 0.134 e. The van der Waals surface area contributed by atoms with Gasteiger partial charge in [0.05, 0.1) is 17.2 Å². The molecule has 1 heterocycles. The van der Waals surface area contributed by atoms with Gasteiger partial charge in [-0.3, -0.25) is 0 Å². The molecular weight excluding hydrogens is 342 g/mol. The molecule has 0 spiro atoms. The van der Waals surface area contributed by atoms with Gasteiger partial charge < -0.3 is 14.8 Å². The molecule has 2 aromatic carbocycles. The highest BCUT2D eigenvalue weighted by molar-refractivity contribution is 9.10. The van der Waals surface area contributed by atoms with Crippen LogP contribution < -0.4 is 10.1 Å². The first-order chi connectivity index (χ1) is 10.8. The van der Waals surface area contributed by atoms with Crippen molar-refractivity contribution in [3.63, 3.8) is 0 Å². The molecule has 0 aromatic heterocycles. The predicted molar refractivity (Wildman–Crippen MR) is 91.2 cm³/mol. The Labute approximate surface area is 139 Å². The normalized spacial score (nSPS) is 18.1. The maximum Gasteiger partial charge on any atom is 0.134 e. The van der Waals surface area contributed by atoms with E-state index in [1.807, 2.05) is 24.3 Å².